The maximum Gasteiger partial charge on any atom is 0.336 e. The van der Waals surface area contributed by atoms with Crippen molar-refractivity contribution in [2.24, 2.45) is 0 Å². The zero-order valence-electron chi connectivity index (χ0n) is 16.0. The second-order valence-corrected chi connectivity index (χ2v) is 7.01. The largest absolute Gasteiger partial charge is 0.495 e. The van der Waals surface area contributed by atoms with E-state index in [9.17, 15) is 4.79 Å². The van der Waals surface area contributed by atoms with Crippen LogP contribution < -0.4 is 15.7 Å². The lowest BCUT2D eigenvalue weighted by Crippen LogP contribution is -2.07. The molecule has 0 saturated carbocycles. The molecule has 3 aromatic rings. The molecule has 0 atom stereocenters. The number of methoxy groups -OCH3 is 1. The van der Waals surface area contributed by atoms with Gasteiger partial charge in [-0.25, -0.2) is 4.79 Å². The van der Waals surface area contributed by atoms with Gasteiger partial charge in [-0.1, -0.05) is 19.9 Å². The van der Waals surface area contributed by atoms with Gasteiger partial charge in [0.2, 0.25) is 0 Å². The van der Waals surface area contributed by atoms with Gasteiger partial charge < -0.3 is 14.5 Å². The topological polar surface area (TPSA) is 51.5 Å². The molecule has 0 amide bonds. The lowest BCUT2D eigenvalue weighted by molar-refractivity contribution is 0.416. The summed E-state index contributed by atoms with van der Waals surface area (Å²) in [6.07, 6.45) is 0. The first-order valence-corrected chi connectivity index (χ1v) is 8.85. The van der Waals surface area contributed by atoms with Crippen LogP contribution in [0.2, 0.25) is 0 Å². The third kappa shape index (κ3) is 3.59. The highest BCUT2D eigenvalue weighted by Gasteiger charge is 2.12. The monoisotopic (exact) mass is 351 g/mol. The predicted molar refractivity (Wildman–Crippen MR) is 106 cm³/mol. The number of nitrogens with one attached hydrogen (secondary N) is 1. The summed E-state index contributed by atoms with van der Waals surface area (Å²) in [6, 6.07) is 11.7. The van der Waals surface area contributed by atoms with Gasteiger partial charge in [-0.15, -0.1) is 0 Å². The summed E-state index contributed by atoms with van der Waals surface area (Å²) >= 11 is 0. The Hall–Kier alpha value is -2.75. The van der Waals surface area contributed by atoms with E-state index in [0.717, 1.165) is 33.5 Å². The van der Waals surface area contributed by atoms with Gasteiger partial charge >= 0.3 is 5.63 Å². The van der Waals surface area contributed by atoms with Crippen molar-refractivity contribution in [3.05, 3.63) is 69.1 Å². The van der Waals surface area contributed by atoms with Crippen LogP contribution in [0, 0.1) is 13.8 Å². The number of hydrogen-bond acceptors (Lipinski definition) is 4. The minimum absolute atomic E-state index is 0.331. The molecule has 0 bridgehead atoms. The highest BCUT2D eigenvalue weighted by atomic mass is 16.5. The summed E-state index contributed by atoms with van der Waals surface area (Å²) < 4.78 is 10.8. The van der Waals surface area contributed by atoms with E-state index in [2.05, 4.69) is 32.2 Å². The van der Waals surface area contributed by atoms with E-state index in [1.54, 1.807) is 13.2 Å². The zero-order valence-corrected chi connectivity index (χ0v) is 16.0. The first-order valence-electron chi connectivity index (χ1n) is 8.85. The van der Waals surface area contributed by atoms with E-state index in [1.807, 2.05) is 31.2 Å². The summed E-state index contributed by atoms with van der Waals surface area (Å²) in [7, 11) is 1.65. The maximum atomic E-state index is 12.0. The van der Waals surface area contributed by atoms with Crippen molar-refractivity contribution in [2.75, 3.05) is 12.4 Å². The molecule has 3 rings (SSSR count). The molecule has 26 heavy (non-hydrogen) atoms. The van der Waals surface area contributed by atoms with Crippen molar-refractivity contribution in [2.45, 2.75) is 40.2 Å². The van der Waals surface area contributed by atoms with Crippen LogP contribution in [-0.2, 0) is 6.54 Å². The Bertz CT molecular complexity index is 1000. The molecule has 0 saturated heterocycles. The molecule has 0 aliphatic carbocycles. The average Bonchev–Trinajstić information content (AvgIpc) is 2.58. The summed E-state index contributed by atoms with van der Waals surface area (Å²) in [5, 5.41) is 4.37. The Kier molecular flexibility index (Phi) is 5.03. The van der Waals surface area contributed by atoms with Crippen molar-refractivity contribution >= 4 is 16.7 Å². The van der Waals surface area contributed by atoms with Gasteiger partial charge in [-0.2, -0.15) is 0 Å². The first kappa shape index (κ1) is 18.1. The van der Waals surface area contributed by atoms with E-state index in [-0.39, 0.29) is 5.63 Å². The Morgan fingerprint density at radius 3 is 2.58 bits per heavy atom. The average molecular weight is 351 g/mol. The molecule has 1 N–H and O–H groups in total. The SMILES string of the molecule is COc1ccc(C)cc1NCc1cc(=O)oc2cc(C)c(C(C)C)cc12. The molecule has 0 radical (unpaired) electrons. The first-order chi connectivity index (χ1) is 12.4. The molecule has 2 aromatic carbocycles. The van der Waals surface area contributed by atoms with Crippen LogP contribution in [0.25, 0.3) is 11.0 Å². The third-order valence-corrected chi connectivity index (χ3v) is 4.66. The molecule has 1 heterocycles. The van der Waals surface area contributed by atoms with E-state index < -0.39 is 0 Å². The van der Waals surface area contributed by atoms with Gasteiger partial charge in [0.1, 0.15) is 11.3 Å². The summed E-state index contributed by atoms with van der Waals surface area (Å²) in [4.78, 5) is 12.0. The van der Waals surface area contributed by atoms with Gasteiger partial charge in [0.05, 0.1) is 12.8 Å². The van der Waals surface area contributed by atoms with Crippen LogP contribution >= 0.6 is 0 Å². The standard InChI is InChI=1S/C22H25NO3/c1-13(2)17-11-18-16(10-22(24)26-21(18)9-15(17)4)12-23-19-8-14(3)6-7-20(19)25-5/h6-11,13,23H,12H2,1-5H3. The number of anilines is 1. The summed E-state index contributed by atoms with van der Waals surface area (Å²) in [6.45, 7) is 8.94. The van der Waals surface area contributed by atoms with Crippen LogP contribution in [-0.4, -0.2) is 7.11 Å². The number of fused-ring (bicyclic) bond motifs is 1. The van der Waals surface area contributed by atoms with Crippen molar-refractivity contribution in [1.82, 2.24) is 0 Å². The molecule has 0 unspecified atom stereocenters. The Morgan fingerprint density at radius 1 is 1.12 bits per heavy atom. The van der Waals surface area contributed by atoms with Crippen molar-refractivity contribution in [1.29, 1.82) is 0 Å². The van der Waals surface area contributed by atoms with E-state index >= 15 is 0 Å². The second-order valence-electron chi connectivity index (χ2n) is 7.01. The molecule has 0 fully saturated rings. The van der Waals surface area contributed by atoms with E-state index in [4.69, 9.17) is 9.15 Å². The lowest BCUT2D eigenvalue weighted by Gasteiger charge is -2.15. The van der Waals surface area contributed by atoms with Gasteiger partial charge in [0.25, 0.3) is 0 Å². The maximum absolute atomic E-state index is 12.0. The number of ether oxygens (including phenoxy) is 1. The molecule has 0 spiro atoms. The van der Waals surface area contributed by atoms with Gasteiger partial charge in [-0.05, 0) is 66.3 Å². The Morgan fingerprint density at radius 2 is 1.88 bits per heavy atom. The van der Waals surface area contributed by atoms with Crippen molar-refractivity contribution < 1.29 is 9.15 Å². The van der Waals surface area contributed by atoms with Crippen LogP contribution in [0.15, 0.2) is 45.6 Å². The van der Waals surface area contributed by atoms with Crippen LogP contribution in [0.4, 0.5) is 5.69 Å². The molecular weight excluding hydrogens is 326 g/mol. The number of benzene rings is 2. The zero-order chi connectivity index (χ0) is 18.8. The molecule has 136 valence electrons. The fraction of sp³-hybridized carbons (Fsp3) is 0.318. The smallest absolute Gasteiger partial charge is 0.336 e. The second kappa shape index (κ2) is 7.24. The normalized spacial score (nSPS) is 11.2. The predicted octanol–water partition coefficient (Wildman–Crippen LogP) is 5.15. The Labute approximate surface area is 153 Å². The van der Waals surface area contributed by atoms with E-state index in [0.29, 0.717) is 18.0 Å². The minimum Gasteiger partial charge on any atom is -0.495 e. The summed E-state index contributed by atoms with van der Waals surface area (Å²) in [5.41, 5.74) is 5.67. The molecule has 4 heteroatoms. The van der Waals surface area contributed by atoms with Gasteiger partial charge in [0, 0.05) is 18.0 Å². The van der Waals surface area contributed by atoms with Crippen molar-refractivity contribution in [3.8, 4) is 5.75 Å². The Balaban J connectivity index is 2.03. The highest BCUT2D eigenvalue weighted by molar-refractivity contribution is 5.82. The minimum atomic E-state index is -0.331. The highest BCUT2D eigenvalue weighted by Crippen LogP contribution is 2.29. The van der Waals surface area contributed by atoms with Crippen molar-refractivity contribution in [3.63, 3.8) is 0 Å². The molecule has 0 aliphatic heterocycles. The number of rotatable bonds is 5. The third-order valence-electron chi connectivity index (χ3n) is 4.66. The molecule has 4 nitrogen and oxygen atoms in total. The van der Waals surface area contributed by atoms with Gasteiger partial charge in [0.15, 0.2) is 0 Å². The van der Waals surface area contributed by atoms with E-state index in [1.165, 1.54) is 5.56 Å². The number of aryl methyl sites for hydroxylation is 2. The fourth-order valence-corrected chi connectivity index (χ4v) is 3.31. The molecule has 1 aromatic heterocycles. The molecular formula is C22H25NO3. The van der Waals surface area contributed by atoms with Gasteiger partial charge in [-0.3, -0.25) is 0 Å². The van der Waals surface area contributed by atoms with Crippen LogP contribution in [0.1, 0.15) is 42.0 Å². The quantitative estimate of drug-likeness (QED) is 0.646. The van der Waals surface area contributed by atoms with Crippen LogP contribution in [0.3, 0.4) is 0 Å². The molecule has 0 aliphatic rings. The lowest BCUT2D eigenvalue weighted by atomic mass is 9.95. The fourth-order valence-electron chi connectivity index (χ4n) is 3.31. The van der Waals surface area contributed by atoms with Crippen LogP contribution in [0.5, 0.6) is 5.75 Å². The summed E-state index contributed by atoms with van der Waals surface area (Å²) in [5.74, 6) is 1.19. The number of hydrogen-bond donors (Lipinski definition) is 1.